The molecule has 2 aromatic carbocycles. The third kappa shape index (κ3) is 3.47. The molecule has 0 aliphatic carbocycles. The zero-order valence-electron chi connectivity index (χ0n) is 14.3. The van der Waals surface area contributed by atoms with Crippen LogP contribution in [-0.2, 0) is 0 Å². The standard InChI is InChI=1S/C19H23NO3/c1-6-20(16-9-7-13(2)11-14(16)3)19(21)15-8-10-17(22-4)18(12-15)23-5/h7-12H,6H2,1-5H3. The van der Waals surface area contributed by atoms with Crippen molar-refractivity contribution in [1.29, 1.82) is 0 Å². The zero-order chi connectivity index (χ0) is 17.0. The number of rotatable bonds is 5. The molecule has 0 heterocycles. The number of carbonyl (C=O) groups excluding carboxylic acids is 1. The first-order valence-electron chi connectivity index (χ1n) is 7.63. The van der Waals surface area contributed by atoms with Crippen molar-refractivity contribution < 1.29 is 14.3 Å². The predicted molar refractivity (Wildman–Crippen MR) is 92.8 cm³/mol. The Kier molecular flexibility index (Phi) is 5.27. The van der Waals surface area contributed by atoms with Crippen molar-refractivity contribution >= 4 is 11.6 Å². The highest BCUT2D eigenvalue weighted by atomic mass is 16.5. The average molecular weight is 313 g/mol. The van der Waals surface area contributed by atoms with E-state index in [2.05, 4.69) is 6.07 Å². The molecule has 2 aromatic rings. The lowest BCUT2D eigenvalue weighted by Crippen LogP contribution is -2.31. The zero-order valence-corrected chi connectivity index (χ0v) is 14.3. The van der Waals surface area contributed by atoms with E-state index < -0.39 is 0 Å². The van der Waals surface area contributed by atoms with Crippen LogP contribution in [0.15, 0.2) is 36.4 Å². The molecule has 0 radical (unpaired) electrons. The van der Waals surface area contributed by atoms with E-state index in [0.717, 1.165) is 11.3 Å². The second kappa shape index (κ2) is 7.18. The molecule has 1 amide bonds. The Morgan fingerprint density at radius 3 is 2.26 bits per heavy atom. The summed E-state index contributed by atoms with van der Waals surface area (Å²) >= 11 is 0. The maximum Gasteiger partial charge on any atom is 0.258 e. The van der Waals surface area contributed by atoms with Gasteiger partial charge in [-0.1, -0.05) is 17.7 Å². The van der Waals surface area contributed by atoms with Crippen LogP contribution >= 0.6 is 0 Å². The molecule has 0 fully saturated rings. The fraction of sp³-hybridized carbons (Fsp3) is 0.316. The van der Waals surface area contributed by atoms with Gasteiger partial charge in [0, 0.05) is 17.8 Å². The summed E-state index contributed by atoms with van der Waals surface area (Å²) < 4.78 is 10.5. The van der Waals surface area contributed by atoms with Gasteiger partial charge in [0.15, 0.2) is 11.5 Å². The average Bonchev–Trinajstić information content (AvgIpc) is 2.56. The highest BCUT2D eigenvalue weighted by molar-refractivity contribution is 6.06. The summed E-state index contributed by atoms with van der Waals surface area (Å²) in [6.45, 7) is 6.63. The van der Waals surface area contributed by atoms with Gasteiger partial charge in [-0.05, 0) is 50.6 Å². The number of nitrogens with zero attached hydrogens (tertiary/aromatic N) is 1. The fourth-order valence-corrected chi connectivity index (χ4v) is 2.66. The van der Waals surface area contributed by atoms with Gasteiger partial charge < -0.3 is 14.4 Å². The van der Waals surface area contributed by atoms with Crippen molar-refractivity contribution in [3.63, 3.8) is 0 Å². The van der Waals surface area contributed by atoms with Gasteiger partial charge in [0.05, 0.1) is 14.2 Å². The van der Waals surface area contributed by atoms with E-state index in [-0.39, 0.29) is 5.91 Å². The number of anilines is 1. The maximum absolute atomic E-state index is 12.9. The van der Waals surface area contributed by atoms with Gasteiger partial charge in [-0.25, -0.2) is 0 Å². The summed E-state index contributed by atoms with van der Waals surface area (Å²) in [4.78, 5) is 14.7. The number of hydrogen-bond donors (Lipinski definition) is 0. The molecule has 23 heavy (non-hydrogen) atoms. The molecule has 4 nitrogen and oxygen atoms in total. The molecule has 0 aliphatic heterocycles. The summed E-state index contributed by atoms with van der Waals surface area (Å²) in [6.07, 6.45) is 0. The normalized spacial score (nSPS) is 10.3. The molecule has 0 aromatic heterocycles. The van der Waals surface area contributed by atoms with Crippen molar-refractivity contribution in [2.45, 2.75) is 20.8 Å². The van der Waals surface area contributed by atoms with Crippen molar-refractivity contribution in [2.75, 3.05) is 25.7 Å². The molecule has 0 N–H and O–H groups in total. The third-order valence-electron chi connectivity index (χ3n) is 3.83. The van der Waals surface area contributed by atoms with E-state index in [1.54, 1.807) is 37.3 Å². The van der Waals surface area contributed by atoms with Crippen LogP contribution < -0.4 is 14.4 Å². The largest absolute Gasteiger partial charge is 0.493 e. The smallest absolute Gasteiger partial charge is 0.258 e. The van der Waals surface area contributed by atoms with Gasteiger partial charge in [-0.3, -0.25) is 4.79 Å². The molecule has 0 unspecified atom stereocenters. The molecular weight excluding hydrogens is 290 g/mol. The van der Waals surface area contributed by atoms with Crippen LogP contribution in [0.2, 0.25) is 0 Å². The SMILES string of the molecule is CCN(C(=O)c1ccc(OC)c(OC)c1)c1ccc(C)cc1C. The minimum absolute atomic E-state index is 0.0552. The summed E-state index contributed by atoms with van der Waals surface area (Å²) in [5, 5.41) is 0. The summed E-state index contributed by atoms with van der Waals surface area (Å²) in [6, 6.07) is 11.3. The van der Waals surface area contributed by atoms with Crippen LogP contribution in [0, 0.1) is 13.8 Å². The van der Waals surface area contributed by atoms with Crippen molar-refractivity contribution in [3.8, 4) is 11.5 Å². The number of carbonyl (C=O) groups is 1. The lowest BCUT2D eigenvalue weighted by Gasteiger charge is -2.23. The molecule has 0 spiro atoms. The van der Waals surface area contributed by atoms with Gasteiger partial charge in [0.25, 0.3) is 5.91 Å². The molecular formula is C19H23NO3. The number of benzene rings is 2. The molecule has 0 atom stereocenters. The monoisotopic (exact) mass is 313 g/mol. The summed E-state index contributed by atoms with van der Waals surface area (Å²) in [5.41, 5.74) is 3.77. The minimum Gasteiger partial charge on any atom is -0.493 e. The Morgan fingerprint density at radius 2 is 1.70 bits per heavy atom. The Balaban J connectivity index is 2.40. The molecule has 0 saturated carbocycles. The molecule has 122 valence electrons. The van der Waals surface area contributed by atoms with Gasteiger partial charge in [0.2, 0.25) is 0 Å². The van der Waals surface area contributed by atoms with E-state index in [9.17, 15) is 4.79 Å². The first-order valence-corrected chi connectivity index (χ1v) is 7.63. The number of hydrogen-bond acceptors (Lipinski definition) is 3. The summed E-state index contributed by atoms with van der Waals surface area (Å²) in [7, 11) is 3.14. The number of ether oxygens (including phenoxy) is 2. The molecule has 0 aliphatic rings. The van der Waals surface area contributed by atoms with Crippen LogP contribution in [0.25, 0.3) is 0 Å². The quantitative estimate of drug-likeness (QED) is 0.838. The van der Waals surface area contributed by atoms with Crippen molar-refractivity contribution in [1.82, 2.24) is 0 Å². The molecule has 4 heteroatoms. The first-order chi connectivity index (χ1) is 11.0. The Morgan fingerprint density at radius 1 is 1.00 bits per heavy atom. The topological polar surface area (TPSA) is 38.8 Å². The fourth-order valence-electron chi connectivity index (χ4n) is 2.66. The lowest BCUT2D eigenvalue weighted by molar-refractivity contribution is 0.0987. The van der Waals surface area contributed by atoms with Crippen molar-refractivity contribution in [2.24, 2.45) is 0 Å². The molecule has 2 rings (SSSR count). The van der Waals surface area contributed by atoms with Crippen LogP contribution in [0.1, 0.15) is 28.4 Å². The number of aryl methyl sites for hydroxylation is 2. The van der Waals surface area contributed by atoms with Crippen LogP contribution in [0.5, 0.6) is 11.5 Å². The minimum atomic E-state index is -0.0552. The molecule has 0 bridgehead atoms. The summed E-state index contributed by atoms with van der Waals surface area (Å²) in [5.74, 6) is 1.11. The van der Waals surface area contributed by atoms with E-state index in [4.69, 9.17) is 9.47 Å². The van der Waals surface area contributed by atoms with Crippen molar-refractivity contribution in [3.05, 3.63) is 53.1 Å². The lowest BCUT2D eigenvalue weighted by atomic mass is 10.1. The molecule has 0 saturated heterocycles. The van der Waals surface area contributed by atoms with Gasteiger partial charge in [0.1, 0.15) is 0 Å². The van der Waals surface area contributed by atoms with E-state index >= 15 is 0 Å². The van der Waals surface area contributed by atoms with E-state index in [1.807, 2.05) is 32.9 Å². The Labute approximate surface area is 137 Å². The van der Waals surface area contributed by atoms with E-state index in [1.165, 1.54) is 5.56 Å². The number of methoxy groups -OCH3 is 2. The Bertz CT molecular complexity index is 710. The highest BCUT2D eigenvalue weighted by Crippen LogP contribution is 2.29. The van der Waals surface area contributed by atoms with Gasteiger partial charge in [-0.2, -0.15) is 0 Å². The highest BCUT2D eigenvalue weighted by Gasteiger charge is 2.19. The first kappa shape index (κ1) is 16.9. The van der Waals surface area contributed by atoms with Gasteiger partial charge >= 0.3 is 0 Å². The number of amides is 1. The van der Waals surface area contributed by atoms with Crippen LogP contribution in [0.4, 0.5) is 5.69 Å². The van der Waals surface area contributed by atoms with Crippen LogP contribution in [0.3, 0.4) is 0 Å². The van der Waals surface area contributed by atoms with Gasteiger partial charge in [-0.15, -0.1) is 0 Å². The third-order valence-corrected chi connectivity index (χ3v) is 3.83. The maximum atomic E-state index is 12.9. The predicted octanol–water partition coefficient (Wildman–Crippen LogP) is 3.99. The Hall–Kier alpha value is -2.49. The van der Waals surface area contributed by atoms with Crippen LogP contribution in [-0.4, -0.2) is 26.7 Å². The second-order valence-electron chi connectivity index (χ2n) is 5.41. The van der Waals surface area contributed by atoms with E-state index in [0.29, 0.717) is 23.6 Å². The second-order valence-corrected chi connectivity index (χ2v) is 5.41.